The Labute approximate surface area is 160 Å². The zero-order valence-electron chi connectivity index (χ0n) is 14.7. The summed E-state index contributed by atoms with van der Waals surface area (Å²) in [5, 5.41) is 17.3. The van der Waals surface area contributed by atoms with Crippen LogP contribution in [0.2, 0.25) is 0 Å². The Hall–Kier alpha value is -2.94. The number of carbonyl (C=O) groups is 1. The van der Waals surface area contributed by atoms with E-state index in [1.54, 1.807) is 28.3 Å². The number of rotatable bonds is 5. The number of hydrogen-bond acceptors (Lipinski definition) is 6. The van der Waals surface area contributed by atoms with Gasteiger partial charge in [-0.2, -0.15) is 5.10 Å². The molecule has 8 nitrogen and oxygen atoms in total. The predicted octanol–water partition coefficient (Wildman–Crippen LogP) is 2.48. The number of nitrogens with zero attached hydrogens (tertiary/aromatic N) is 5. The van der Waals surface area contributed by atoms with Crippen LogP contribution >= 0.6 is 11.3 Å². The van der Waals surface area contributed by atoms with Gasteiger partial charge in [0.2, 0.25) is 5.88 Å². The van der Waals surface area contributed by atoms with Gasteiger partial charge in [-0.05, 0) is 23.6 Å². The molecule has 0 atom stereocenters. The number of ether oxygens (including phenoxy) is 1. The number of likely N-dealkylation sites (tertiary alicyclic amines) is 1. The molecule has 0 aliphatic carbocycles. The van der Waals surface area contributed by atoms with Crippen molar-refractivity contribution in [3.8, 4) is 11.7 Å². The van der Waals surface area contributed by atoms with E-state index in [0.717, 1.165) is 17.7 Å². The molecule has 0 unspecified atom stereocenters. The molecule has 0 aromatic carbocycles. The summed E-state index contributed by atoms with van der Waals surface area (Å²) < 4.78 is 7.56. The van der Waals surface area contributed by atoms with Crippen LogP contribution in [0, 0.1) is 0 Å². The van der Waals surface area contributed by atoms with E-state index in [0.29, 0.717) is 31.3 Å². The number of nitrogens with one attached hydrogen (secondary N) is 1. The molecule has 1 N–H and O–H groups in total. The molecule has 4 rings (SSSR count). The molecule has 1 fully saturated rings. The lowest BCUT2D eigenvalue weighted by atomic mass is 10.1. The first-order chi connectivity index (χ1) is 13.3. The summed E-state index contributed by atoms with van der Waals surface area (Å²) in [7, 11) is 0. The fraction of sp³-hybridized carbons (Fsp3) is 0.333. The highest BCUT2D eigenvalue weighted by Crippen LogP contribution is 2.18. The summed E-state index contributed by atoms with van der Waals surface area (Å²) >= 11 is 1.64. The monoisotopic (exact) mass is 384 g/mol. The first kappa shape index (κ1) is 17.5. The highest BCUT2D eigenvalue weighted by molar-refractivity contribution is 7.09. The molecule has 0 bridgehead atoms. The smallest absolute Gasteiger partial charge is 0.317 e. The molecule has 140 valence electrons. The molecule has 0 spiro atoms. The first-order valence-electron chi connectivity index (χ1n) is 8.83. The van der Waals surface area contributed by atoms with Crippen LogP contribution in [-0.4, -0.2) is 50.1 Å². The van der Waals surface area contributed by atoms with Gasteiger partial charge in [-0.1, -0.05) is 6.07 Å². The number of piperidine rings is 1. The van der Waals surface area contributed by atoms with Gasteiger partial charge in [0.15, 0.2) is 5.82 Å². The van der Waals surface area contributed by atoms with Gasteiger partial charge >= 0.3 is 6.03 Å². The largest absolute Gasteiger partial charge is 0.473 e. The van der Waals surface area contributed by atoms with Gasteiger partial charge < -0.3 is 15.0 Å². The Morgan fingerprint density at radius 1 is 1.22 bits per heavy atom. The van der Waals surface area contributed by atoms with Crippen LogP contribution in [0.4, 0.5) is 4.79 Å². The van der Waals surface area contributed by atoms with Gasteiger partial charge in [0.1, 0.15) is 6.10 Å². The maximum Gasteiger partial charge on any atom is 0.317 e. The predicted molar refractivity (Wildman–Crippen MR) is 101 cm³/mol. The second-order valence-corrected chi connectivity index (χ2v) is 7.25. The Morgan fingerprint density at radius 2 is 2.11 bits per heavy atom. The molecule has 1 aliphatic rings. The van der Waals surface area contributed by atoms with E-state index >= 15 is 0 Å². The van der Waals surface area contributed by atoms with Crippen LogP contribution in [0.1, 0.15) is 17.7 Å². The van der Waals surface area contributed by atoms with Crippen LogP contribution < -0.4 is 10.1 Å². The van der Waals surface area contributed by atoms with Gasteiger partial charge in [0, 0.05) is 49.3 Å². The molecule has 2 amide bonds. The van der Waals surface area contributed by atoms with Gasteiger partial charge in [-0.3, -0.25) is 0 Å². The molecule has 1 saturated heterocycles. The summed E-state index contributed by atoms with van der Waals surface area (Å²) in [5.74, 6) is 1.14. The van der Waals surface area contributed by atoms with E-state index in [1.165, 1.54) is 0 Å². The molecular formula is C18H20N6O2S. The number of urea groups is 1. The van der Waals surface area contributed by atoms with Gasteiger partial charge in [0.05, 0.1) is 6.54 Å². The Bertz CT molecular complexity index is 843. The van der Waals surface area contributed by atoms with Gasteiger partial charge in [0.25, 0.3) is 0 Å². The molecule has 0 saturated carbocycles. The zero-order valence-corrected chi connectivity index (χ0v) is 15.5. The van der Waals surface area contributed by atoms with Crippen LogP contribution in [0.3, 0.4) is 0 Å². The van der Waals surface area contributed by atoms with Crippen molar-refractivity contribution in [1.82, 2.24) is 30.2 Å². The lowest BCUT2D eigenvalue weighted by Crippen LogP contribution is -2.46. The Balaban J connectivity index is 1.24. The summed E-state index contributed by atoms with van der Waals surface area (Å²) in [6.07, 6.45) is 5.08. The lowest BCUT2D eigenvalue weighted by molar-refractivity contribution is 0.106. The Kier molecular flexibility index (Phi) is 5.29. The minimum Gasteiger partial charge on any atom is -0.473 e. The molecule has 27 heavy (non-hydrogen) atoms. The topological polar surface area (TPSA) is 85.2 Å². The van der Waals surface area contributed by atoms with Gasteiger partial charge in [-0.15, -0.1) is 21.5 Å². The molecular weight excluding hydrogens is 364 g/mol. The highest BCUT2D eigenvalue weighted by Gasteiger charge is 2.24. The fourth-order valence-corrected chi connectivity index (χ4v) is 3.58. The normalized spacial score (nSPS) is 14.9. The maximum atomic E-state index is 12.3. The number of carbonyl (C=O) groups excluding carboxylic acids is 1. The summed E-state index contributed by atoms with van der Waals surface area (Å²) in [4.78, 5) is 15.2. The quantitative estimate of drug-likeness (QED) is 0.730. The Morgan fingerprint density at radius 3 is 2.78 bits per heavy atom. The van der Waals surface area contributed by atoms with Crippen LogP contribution in [-0.2, 0) is 6.54 Å². The van der Waals surface area contributed by atoms with Crippen LogP contribution in [0.25, 0.3) is 5.82 Å². The number of amides is 2. The zero-order chi connectivity index (χ0) is 18.5. The average molecular weight is 384 g/mol. The minimum absolute atomic E-state index is 0.0229. The lowest BCUT2D eigenvalue weighted by Gasteiger charge is -2.31. The number of thiophene rings is 1. The molecule has 0 radical (unpaired) electrons. The van der Waals surface area contributed by atoms with Crippen molar-refractivity contribution >= 4 is 17.4 Å². The van der Waals surface area contributed by atoms with Crippen LogP contribution in [0.5, 0.6) is 5.88 Å². The highest BCUT2D eigenvalue weighted by atomic mass is 32.1. The maximum absolute atomic E-state index is 12.3. The second kappa shape index (κ2) is 8.17. The number of hydrogen-bond donors (Lipinski definition) is 1. The van der Waals surface area contributed by atoms with Crippen molar-refractivity contribution in [1.29, 1.82) is 0 Å². The van der Waals surface area contributed by atoms with Crippen molar-refractivity contribution in [3.05, 3.63) is 53.0 Å². The summed E-state index contributed by atoms with van der Waals surface area (Å²) in [6, 6.07) is 9.43. The van der Waals surface area contributed by atoms with Crippen molar-refractivity contribution in [2.45, 2.75) is 25.5 Å². The third-order valence-corrected chi connectivity index (χ3v) is 5.25. The van der Waals surface area contributed by atoms with E-state index < -0.39 is 0 Å². The van der Waals surface area contributed by atoms with Gasteiger partial charge in [-0.25, -0.2) is 9.48 Å². The minimum atomic E-state index is -0.0229. The summed E-state index contributed by atoms with van der Waals surface area (Å²) in [5.41, 5.74) is 0. The SMILES string of the molecule is O=C(NCc1cccs1)N1CCC(Oc2ccc(-n3cccn3)nn2)CC1. The average Bonchev–Trinajstić information content (AvgIpc) is 3.41. The molecule has 3 aromatic rings. The molecule has 9 heteroatoms. The van der Waals surface area contributed by atoms with E-state index in [2.05, 4.69) is 20.6 Å². The van der Waals surface area contributed by atoms with E-state index in [-0.39, 0.29) is 12.1 Å². The van der Waals surface area contributed by atoms with Crippen molar-refractivity contribution in [3.63, 3.8) is 0 Å². The number of aromatic nitrogens is 4. The second-order valence-electron chi connectivity index (χ2n) is 6.22. The first-order valence-corrected chi connectivity index (χ1v) is 9.71. The van der Waals surface area contributed by atoms with Crippen LogP contribution in [0.15, 0.2) is 48.1 Å². The van der Waals surface area contributed by atoms with E-state index in [9.17, 15) is 4.79 Å². The standard InChI is InChI=1S/C18H20N6O2S/c25-18(19-13-15-3-1-12-27-15)23-10-6-14(7-11-23)26-17-5-4-16(21-22-17)24-9-2-8-20-24/h1-5,8-9,12,14H,6-7,10-11,13H2,(H,19,25). The molecule has 1 aliphatic heterocycles. The van der Waals surface area contributed by atoms with Crippen molar-refractivity contribution in [2.24, 2.45) is 0 Å². The van der Waals surface area contributed by atoms with E-state index in [1.807, 2.05) is 40.7 Å². The third-order valence-electron chi connectivity index (χ3n) is 4.38. The van der Waals surface area contributed by atoms with Crippen molar-refractivity contribution in [2.75, 3.05) is 13.1 Å². The van der Waals surface area contributed by atoms with E-state index in [4.69, 9.17) is 4.74 Å². The third kappa shape index (κ3) is 4.43. The molecule has 4 heterocycles. The van der Waals surface area contributed by atoms with Crippen molar-refractivity contribution < 1.29 is 9.53 Å². The summed E-state index contributed by atoms with van der Waals surface area (Å²) in [6.45, 7) is 1.91. The molecule has 3 aromatic heterocycles. The fourth-order valence-electron chi connectivity index (χ4n) is 2.94.